The summed E-state index contributed by atoms with van der Waals surface area (Å²) in [5.41, 5.74) is 4.91. The van der Waals surface area contributed by atoms with Gasteiger partial charge in [0.1, 0.15) is 5.69 Å². The Morgan fingerprint density at radius 2 is 1.50 bits per heavy atom. The molecule has 3 rings (SSSR count). The topological polar surface area (TPSA) is 83.1 Å². The lowest BCUT2D eigenvalue weighted by Crippen LogP contribution is -2.14. The van der Waals surface area contributed by atoms with E-state index < -0.39 is 0 Å². The van der Waals surface area contributed by atoms with E-state index in [9.17, 15) is 9.59 Å². The summed E-state index contributed by atoms with van der Waals surface area (Å²) in [7, 11) is 0. The minimum atomic E-state index is -0.294. The Labute approximate surface area is 164 Å². The fourth-order valence-electron chi connectivity index (χ4n) is 2.67. The molecule has 28 heavy (non-hydrogen) atoms. The molecule has 1 aromatic heterocycles. The molecule has 6 heteroatoms. The summed E-state index contributed by atoms with van der Waals surface area (Å²) in [6, 6.07) is 18.6. The molecule has 0 aliphatic heterocycles. The summed E-state index contributed by atoms with van der Waals surface area (Å²) in [4.78, 5) is 27.6. The average Bonchev–Trinajstić information content (AvgIpc) is 2.69. The Bertz CT molecular complexity index is 967. The zero-order valence-electron chi connectivity index (χ0n) is 15.8. The summed E-state index contributed by atoms with van der Waals surface area (Å²) in [6.07, 6.45) is 1.65. The maximum Gasteiger partial charge on any atom is 0.274 e. The number of carbonyl (C=O) groups excluding carboxylic acids is 2. The van der Waals surface area contributed by atoms with Gasteiger partial charge in [0.15, 0.2) is 0 Å². The van der Waals surface area contributed by atoms with Gasteiger partial charge in [-0.2, -0.15) is 0 Å². The van der Waals surface area contributed by atoms with E-state index in [0.29, 0.717) is 23.6 Å². The highest BCUT2D eigenvalue weighted by atomic mass is 16.2. The Kier molecular flexibility index (Phi) is 6.01. The zero-order chi connectivity index (χ0) is 19.9. The number of carbonyl (C=O) groups is 2. The number of pyridine rings is 1. The van der Waals surface area contributed by atoms with Gasteiger partial charge in [-0.3, -0.25) is 9.59 Å². The Morgan fingerprint density at radius 1 is 0.857 bits per heavy atom. The molecular formula is C22H22N4O2. The van der Waals surface area contributed by atoms with Gasteiger partial charge in [-0.25, -0.2) is 4.98 Å². The van der Waals surface area contributed by atoms with Crippen molar-refractivity contribution in [1.29, 1.82) is 0 Å². The quantitative estimate of drug-likeness (QED) is 0.603. The molecular weight excluding hydrogens is 352 g/mol. The highest BCUT2D eigenvalue weighted by Crippen LogP contribution is 2.15. The molecule has 2 aromatic carbocycles. The average molecular weight is 374 g/mol. The summed E-state index contributed by atoms with van der Waals surface area (Å²) in [5, 5.41) is 8.78. The largest absolute Gasteiger partial charge is 0.380 e. The molecule has 0 aliphatic rings. The van der Waals surface area contributed by atoms with Gasteiger partial charge in [-0.05, 0) is 54.4 Å². The van der Waals surface area contributed by atoms with Gasteiger partial charge in [-0.15, -0.1) is 0 Å². The van der Waals surface area contributed by atoms with E-state index in [4.69, 9.17) is 0 Å². The number of nitrogens with one attached hydrogen (secondary N) is 3. The number of benzene rings is 2. The highest BCUT2D eigenvalue weighted by Gasteiger charge is 2.08. The van der Waals surface area contributed by atoms with Crippen LogP contribution >= 0.6 is 0 Å². The monoisotopic (exact) mass is 374 g/mol. The van der Waals surface area contributed by atoms with Crippen LogP contribution in [0.1, 0.15) is 28.5 Å². The summed E-state index contributed by atoms with van der Waals surface area (Å²) >= 11 is 0. The Balaban J connectivity index is 1.57. The van der Waals surface area contributed by atoms with Crippen LogP contribution in [-0.4, -0.2) is 16.8 Å². The van der Waals surface area contributed by atoms with Gasteiger partial charge in [0.25, 0.3) is 5.91 Å². The van der Waals surface area contributed by atoms with E-state index in [1.54, 1.807) is 36.5 Å². The van der Waals surface area contributed by atoms with Crippen molar-refractivity contribution < 1.29 is 9.59 Å². The lowest BCUT2D eigenvalue weighted by atomic mass is 10.1. The van der Waals surface area contributed by atoms with E-state index in [-0.39, 0.29) is 11.8 Å². The summed E-state index contributed by atoms with van der Waals surface area (Å²) in [6.45, 7) is 4.22. The van der Waals surface area contributed by atoms with Gasteiger partial charge in [0, 0.05) is 24.8 Å². The number of rotatable bonds is 6. The predicted octanol–water partition coefficient (Wildman–Crippen LogP) is 4.21. The van der Waals surface area contributed by atoms with E-state index in [2.05, 4.69) is 40.0 Å². The fourth-order valence-corrected chi connectivity index (χ4v) is 2.67. The van der Waals surface area contributed by atoms with Crippen molar-refractivity contribution in [2.24, 2.45) is 0 Å². The van der Waals surface area contributed by atoms with Crippen LogP contribution in [0.2, 0.25) is 0 Å². The van der Waals surface area contributed by atoms with Crippen molar-refractivity contribution in [2.75, 3.05) is 16.0 Å². The smallest absolute Gasteiger partial charge is 0.274 e. The maximum absolute atomic E-state index is 12.3. The van der Waals surface area contributed by atoms with Crippen LogP contribution in [0.4, 0.5) is 17.1 Å². The molecule has 0 aliphatic carbocycles. The first kappa shape index (κ1) is 19.1. The first-order chi connectivity index (χ1) is 13.5. The molecule has 3 aromatic rings. The standard InChI is InChI=1S/C22H22N4O2/c1-15-5-3-4-6-17(15)13-23-20-11-12-21(24-14-20)22(28)26-19-9-7-18(8-10-19)25-16(2)27/h3-12,14,23H,13H2,1-2H3,(H,25,27)(H,26,28). The third kappa shape index (κ3) is 5.17. The number of aryl methyl sites for hydroxylation is 1. The second-order valence-corrected chi connectivity index (χ2v) is 6.42. The van der Waals surface area contributed by atoms with Crippen LogP contribution in [0.25, 0.3) is 0 Å². The molecule has 0 bridgehead atoms. The second-order valence-electron chi connectivity index (χ2n) is 6.42. The number of hydrogen-bond donors (Lipinski definition) is 3. The molecule has 2 amide bonds. The number of hydrogen-bond acceptors (Lipinski definition) is 4. The third-order valence-electron chi connectivity index (χ3n) is 4.20. The second kappa shape index (κ2) is 8.81. The maximum atomic E-state index is 12.3. The van der Waals surface area contributed by atoms with Crippen LogP contribution < -0.4 is 16.0 Å². The molecule has 0 spiro atoms. The first-order valence-corrected chi connectivity index (χ1v) is 8.95. The highest BCUT2D eigenvalue weighted by molar-refractivity contribution is 6.03. The third-order valence-corrected chi connectivity index (χ3v) is 4.20. The van der Waals surface area contributed by atoms with Crippen molar-refractivity contribution in [3.8, 4) is 0 Å². The summed E-state index contributed by atoms with van der Waals surface area (Å²) < 4.78 is 0. The van der Waals surface area contributed by atoms with Crippen molar-refractivity contribution >= 4 is 28.9 Å². The molecule has 142 valence electrons. The number of anilines is 3. The molecule has 0 fully saturated rings. The SMILES string of the molecule is CC(=O)Nc1ccc(NC(=O)c2ccc(NCc3ccccc3C)cn2)cc1. The van der Waals surface area contributed by atoms with Crippen molar-refractivity contribution in [1.82, 2.24) is 4.98 Å². The lowest BCUT2D eigenvalue weighted by Gasteiger charge is -2.10. The van der Waals surface area contributed by atoms with E-state index in [0.717, 1.165) is 5.69 Å². The first-order valence-electron chi connectivity index (χ1n) is 8.95. The molecule has 6 nitrogen and oxygen atoms in total. The zero-order valence-corrected chi connectivity index (χ0v) is 15.8. The van der Waals surface area contributed by atoms with E-state index in [1.807, 2.05) is 18.2 Å². The van der Waals surface area contributed by atoms with Crippen LogP contribution in [0, 0.1) is 6.92 Å². The molecule has 1 heterocycles. The normalized spacial score (nSPS) is 10.2. The fraction of sp³-hybridized carbons (Fsp3) is 0.136. The minimum absolute atomic E-state index is 0.142. The van der Waals surface area contributed by atoms with Gasteiger partial charge < -0.3 is 16.0 Å². The van der Waals surface area contributed by atoms with Crippen LogP contribution in [0.3, 0.4) is 0 Å². The van der Waals surface area contributed by atoms with Crippen LogP contribution in [-0.2, 0) is 11.3 Å². The van der Waals surface area contributed by atoms with Crippen molar-refractivity contribution in [2.45, 2.75) is 20.4 Å². The van der Waals surface area contributed by atoms with Gasteiger partial charge in [-0.1, -0.05) is 24.3 Å². The number of amides is 2. The lowest BCUT2D eigenvalue weighted by molar-refractivity contribution is -0.114. The van der Waals surface area contributed by atoms with Crippen LogP contribution in [0.5, 0.6) is 0 Å². The van der Waals surface area contributed by atoms with Crippen LogP contribution in [0.15, 0.2) is 66.9 Å². The Hall–Kier alpha value is -3.67. The Morgan fingerprint density at radius 3 is 2.11 bits per heavy atom. The molecule has 0 unspecified atom stereocenters. The van der Waals surface area contributed by atoms with Gasteiger partial charge in [0.05, 0.1) is 11.9 Å². The number of aromatic nitrogens is 1. The molecule has 0 saturated heterocycles. The summed E-state index contributed by atoms with van der Waals surface area (Å²) in [5.74, 6) is -0.435. The predicted molar refractivity (Wildman–Crippen MR) is 111 cm³/mol. The minimum Gasteiger partial charge on any atom is -0.380 e. The molecule has 0 atom stereocenters. The molecule has 0 saturated carbocycles. The molecule has 3 N–H and O–H groups in total. The van der Waals surface area contributed by atoms with E-state index in [1.165, 1.54) is 18.1 Å². The van der Waals surface area contributed by atoms with Crippen molar-refractivity contribution in [3.63, 3.8) is 0 Å². The molecule has 0 radical (unpaired) electrons. The van der Waals surface area contributed by atoms with E-state index >= 15 is 0 Å². The number of nitrogens with zero attached hydrogens (tertiary/aromatic N) is 1. The van der Waals surface area contributed by atoms with Gasteiger partial charge >= 0.3 is 0 Å². The van der Waals surface area contributed by atoms with Gasteiger partial charge in [0.2, 0.25) is 5.91 Å². The van der Waals surface area contributed by atoms with Crippen molar-refractivity contribution in [3.05, 3.63) is 83.7 Å².